The van der Waals surface area contributed by atoms with Crippen LogP contribution in [0.2, 0.25) is 0 Å². The summed E-state index contributed by atoms with van der Waals surface area (Å²) in [6.07, 6.45) is 0. The number of hydrogen-bond acceptors (Lipinski definition) is 2. The third-order valence-electron chi connectivity index (χ3n) is 13.8. The summed E-state index contributed by atoms with van der Waals surface area (Å²) in [6.45, 7) is 0. The van der Waals surface area contributed by atoms with Gasteiger partial charge in [-0.25, -0.2) is 0 Å². The number of anilines is 3. The molecule has 12 aromatic rings. The van der Waals surface area contributed by atoms with Gasteiger partial charge in [0, 0.05) is 38.6 Å². The largest absolute Gasteiger partial charge is 0.456 e. The van der Waals surface area contributed by atoms with Gasteiger partial charge in [0.1, 0.15) is 11.2 Å². The number of aromatic nitrogens is 1. The second-order valence-corrected chi connectivity index (χ2v) is 16.8. The summed E-state index contributed by atoms with van der Waals surface area (Å²) in [5.74, 6) is 0. The topological polar surface area (TPSA) is 21.3 Å². The summed E-state index contributed by atoms with van der Waals surface area (Å²) in [7, 11) is 0. The predicted molar refractivity (Wildman–Crippen MR) is 257 cm³/mol. The molecule has 0 bridgehead atoms. The summed E-state index contributed by atoms with van der Waals surface area (Å²) in [6, 6.07) is 80.4. The van der Waals surface area contributed by atoms with Crippen LogP contribution in [-0.2, 0) is 5.41 Å². The summed E-state index contributed by atoms with van der Waals surface area (Å²) >= 11 is 0. The lowest BCUT2D eigenvalue weighted by Crippen LogP contribution is -2.33. The first-order chi connectivity index (χ1) is 30.7. The first-order valence-electron chi connectivity index (χ1n) is 21.4. The smallest absolute Gasteiger partial charge is 0.135 e. The van der Waals surface area contributed by atoms with Crippen LogP contribution in [0, 0.1) is 0 Å². The van der Waals surface area contributed by atoms with Gasteiger partial charge in [0.25, 0.3) is 0 Å². The van der Waals surface area contributed by atoms with Crippen molar-refractivity contribution in [3.8, 4) is 27.9 Å². The molecule has 1 aliphatic carbocycles. The van der Waals surface area contributed by atoms with E-state index in [9.17, 15) is 0 Å². The minimum absolute atomic E-state index is 0.495. The SMILES string of the molecule is c1ccc2c(c1)-c1ccc(-c3ccc(N(c4ccc5ccccc5c4)c4ccc5oc6ccccc6c5c4)cc3)cc1C21c2ccccc2-n2c3ccccc3c3cccc1c32. The van der Waals surface area contributed by atoms with Gasteiger partial charge in [-0.1, -0.05) is 152 Å². The number of fused-ring (bicyclic) bond motifs is 16. The van der Waals surface area contributed by atoms with Crippen molar-refractivity contribution in [3.05, 3.63) is 241 Å². The number of hydrogen-bond donors (Lipinski definition) is 0. The first kappa shape index (κ1) is 33.7. The Morgan fingerprint density at radius 3 is 1.94 bits per heavy atom. The molecule has 1 spiro atoms. The Morgan fingerprint density at radius 1 is 0.371 bits per heavy atom. The second kappa shape index (κ2) is 12.4. The standard InChI is InChI=1S/C59H36N2O/c1-2-13-39-34-42(30-26-37(39)12-1)60(43-31-33-57-49(36-43)47-16-5-10-23-56(47)62-57)41-28-24-38(25-29-41)40-27-32-45-44-14-3-6-18-50(44)59(53(45)35-40)51-19-7-9-22-55(51)61-54-21-8-4-15-46(54)48-17-11-20-52(59)58(48)61/h1-36H. The first-order valence-corrected chi connectivity index (χ1v) is 21.4. The Kier molecular flexibility index (Phi) is 6.76. The molecule has 288 valence electrons. The minimum atomic E-state index is -0.495. The molecule has 0 amide bonds. The van der Waals surface area contributed by atoms with Gasteiger partial charge in [-0.3, -0.25) is 0 Å². The van der Waals surface area contributed by atoms with E-state index in [-0.39, 0.29) is 0 Å². The van der Waals surface area contributed by atoms with E-state index < -0.39 is 5.41 Å². The van der Waals surface area contributed by atoms with Crippen LogP contribution in [0.5, 0.6) is 0 Å². The highest BCUT2D eigenvalue weighted by molar-refractivity contribution is 6.13. The highest BCUT2D eigenvalue weighted by atomic mass is 16.3. The average molecular weight is 789 g/mol. The molecule has 10 aromatic carbocycles. The second-order valence-electron chi connectivity index (χ2n) is 16.8. The lowest BCUT2D eigenvalue weighted by Gasteiger charge is -2.39. The number of benzene rings is 10. The van der Waals surface area contributed by atoms with Gasteiger partial charge in [0.05, 0.1) is 22.1 Å². The summed E-state index contributed by atoms with van der Waals surface area (Å²) in [5.41, 5.74) is 18.6. The number of furan rings is 1. The lowest BCUT2D eigenvalue weighted by molar-refractivity contribution is 0.669. The van der Waals surface area contributed by atoms with Gasteiger partial charge in [0.15, 0.2) is 0 Å². The Morgan fingerprint density at radius 2 is 1.02 bits per heavy atom. The van der Waals surface area contributed by atoms with Crippen molar-refractivity contribution in [3.63, 3.8) is 0 Å². The van der Waals surface area contributed by atoms with Gasteiger partial charge in [-0.05, 0) is 122 Å². The summed E-state index contributed by atoms with van der Waals surface area (Å²) in [5, 5.41) is 7.22. The number of rotatable bonds is 4. The van der Waals surface area contributed by atoms with Gasteiger partial charge >= 0.3 is 0 Å². The Balaban J connectivity index is 0.954. The molecule has 3 heteroatoms. The van der Waals surface area contributed by atoms with Crippen molar-refractivity contribution in [2.75, 3.05) is 4.90 Å². The molecule has 62 heavy (non-hydrogen) atoms. The van der Waals surface area contributed by atoms with E-state index in [0.29, 0.717) is 0 Å². The monoisotopic (exact) mass is 788 g/mol. The van der Waals surface area contributed by atoms with Crippen LogP contribution in [-0.4, -0.2) is 4.57 Å². The zero-order chi connectivity index (χ0) is 40.5. The van der Waals surface area contributed by atoms with Crippen LogP contribution in [0.4, 0.5) is 17.1 Å². The lowest BCUT2D eigenvalue weighted by atomic mass is 9.65. The van der Waals surface area contributed by atoms with Crippen molar-refractivity contribution in [2.24, 2.45) is 0 Å². The molecule has 0 saturated carbocycles. The van der Waals surface area contributed by atoms with Crippen LogP contribution < -0.4 is 4.90 Å². The van der Waals surface area contributed by atoms with Crippen molar-refractivity contribution in [1.82, 2.24) is 4.57 Å². The molecule has 3 heterocycles. The average Bonchev–Trinajstić information content (AvgIpc) is 3.98. The predicted octanol–water partition coefficient (Wildman–Crippen LogP) is 15.6. The highest BCUT2D eigenvalue weighted by Gasteiger charge is 2.50. The van der Waals surface area contributed by atoms with Crippen LogP contribution >= 0.6 is 0 Å². The fourth-order valence-corrected chi connectivity index (χ4v) is 11.2. The van der Waals surface area contributed by atoms with Gasteiger partial charge in [0.2, 0.25) is 0 Å². The highest BCUT2D eigenvalue weighted by Crippen LogP contribution is 2.61. The molecule has 1 aliphatic heterocycles. The van der Waals surface area contributed by atoms with E-state index in [4.69, 9.17) is 4.42 Å². The van der Waals surface area contributed by atoms with Crippen LogP contribution in [0.25, 0.3) is 82.5 Å². The molecule has 0 radical (unpaired) electrons. The zero-order valence-corrected chi connectivity index (χ0v) is 33.6. The fourth-order valence-electron chi connectivity index (χ4n) is 11.2. The van der Waals surface area contributed by atoms with Crippen molar-refractivity contribution >= 4 is 71.6 Å². The molecule has 2 aliphatic rings. The van der Waals surface area contributed by atoms with Crippen LogP contribution in [0.3, 0.4) is 0 Å². The van der Waals surface area contributed by atoms with Crippen molar-refractivity contribution < 1.29 is 4.42 Å². The molecule has 0 N–H and O–H groups in total. The van der Waals surface area contributed by atoms with E-state index in [1.807, 2.05) is 12.1 Å². The van der Waals surface area contributed by atoms with Crippen LogP contribution in [0.15, 0.2) is 223 Å². The Bertz CT molecular complexity index is 3830. The van der Waals surface area contributed by atoms with Crippen LogP contribution in [0.1, 0.15) is 22.3 Å². The molecular weight excluding hydrogens is 753 g/mol. The molecular formula is C59H36N2O. The Labute approximate surface area is 358 Å². The number of nitrogens with zero attached hydrogens (tertiary/aromatic N) is 2. The quantitative estimate of drug-likeness (QED) is 0.177. The van der Waals surface area contributed by atoms with Gasteiger partial charge in [-0.2, -0.15) is 0 Å². The Hall–Kier alpha value is -8.14. The van der Waals surface area contributed by atoms with E-state index in [0.717, 1.165) is 39.0 Å². The molecule has 14 rings (SSSR count). The molecule has 0 fully saturated rings. The molecule has 1 unspecified atom stereocenters. The normalized spacial score (nSPS) is 14.8. The fraction of sp³-hybridized carbons (Fsp3) is 0.0169. The van der Waals surface area contributed by atoms with Crippen molar-refractivity contribution in [2.45, 2.75) is 5.41 Å². The zero-order valence-electron chi connectivity index (χ0n) is 33.6. The molecule has 3 nitrogen and oxygen atoms in total. The van der Waals surface area contributed by atoms with E-state index in [1.165, 1.54) is 82.8 Å². The minimum Gasteiger partial charge on any atom is -0.456 e. The van der Waals surface area contributed by atoms with E-state index in [1.54, 1.807) is 0 Å². The third-order valence-corrected chi connectivity index (χ3v) is 13.8. The molecule has 2 aromatic heterocycles. The van der Waals surface area contributed by atoms with E-state index >= 15 is 0 Å². The van der Waals surface area contributed by atoms with E-state index in [2.05, 4.69) is 216 Å². The number of para-hydroxylation sites is 4. The van der Waals surface area contributed by atoms with Gasteiger partial charge < -0.3 is 13.9 Å². The molecule has 0 saturated heterocycles. The summed E-state index contributed by atoms with van der Waals surface area (Å²) < 4.78 is 8.77. The van der Waals surface area contributed by atoms with Crippen molar-refractivity contribution in [1.29, 1.82) is 0 Å². The molecule has 1 atom stereocenters. The van der Waals surface area contributed by atoms with Gasteiger partial charge in [-0.15, -0.1) is 0 Å². The maximum absolute atomic E-state index is 6.26. The summed E-state index contributed by atoms with van der Waals surface area (Å²) in [4.78, 5) is 2.37. The maximum Gasteiger partial charge on any atom is 0.135 e. The maximum atomic E-state index is 6.26. The third kappa shape index (κ3) is 4.44.